The van der Waals surface area contributed by atoms with Crippen LogP contribution < -0.4 is 10.6 Å². The van der Waals surface area contributed by atoms with Crippen molar-refractivity contribution in [1.82, 2.24) is 15.5 Å². The average molecular weight is 241 g/mol. The van der Waals surface area contributed by atoms with Gasteiger partial charge in [-0.3, -0.25) is 9.69 Å². The molecule has 0 bridgehead atoms. The Labute approximate surface area is 105 Å². The number of carbonyl (C=O) groups excluding carboxylic acids is 1. The van der Waals surface area contributed by atoms with Gasteiger partial charge >= 0.3 is 0 Å². The highest BCUT2D eigenvalue weighted by Crippen LogP contribution is 2.11. The molecule has 1 rings (SSSR count). The normalized spacial score (nSPS) is 17.4. The molecule has 4 nitrogen and oxygen atoms in total. The Morgan fingerprint density at radius 2 is 1.94 bits per heavy atom. The number of hydrogen-bond donors (Lipinski definition) is 2. The summed E-state index contributed by atoms with van der Waals surface area (Å²) in [5.74, 6) is 0.767. The lowest BCUT2D eigenvalue weighted by Gasteiger charge is -2.27. The molecular formula is C13H27N3O. The van der Waals surface area contributed by atoms with Gasteiger partial charge in [0.2, 0.25) is 5.91 Å². The maximum atomic E-state index is 11.7. The first-order valence-electron chi connectivity index (χ1n) is 6.96. The minimum Gasteiger partial charge on any atom is -0.355 e. The molecule has 1 heterocycles. The van der Waals surface area contributed by atoms with Crippen LogP contribution in [0.1, 0.15) is 33.1 Å². The molecule has 2 N–H and O–H groups in total. The summed E-state index contributed by atoms with van der Waals surface area (Å²) in [6.45, 7) is 10.4. The van der Waals surface area contributed by atoms with Crippen LogP contribution in [0, 0.1) is 5.92 Å². The van der Waals surface area contributed by atoms with Gasteiger partial charge in [-0.05, 0) is 5.92 Å². The second-order valence-corrected chi connectivity index (χ2v) is 4.83. The molecule has 0 spiro atoms. The van der Waals surface area contributed by atoms with Gasteiger partial charge in [0, 0.05) is 45.7 Å². The molecule has 1 aliphatic rings. The molecular weight excluding hydrogens is 214 g/mol. The first kappa shape index (κ1) is 14.5. The van der Waals surface area contributed by atoms with Gasteiger partial charge in [-0.1, -0.05) is 26.7 Å². The van der Waals surface area contributed by atoms with Gasteiger partial charge in [0.25, 0.3) is 0 Å². The van der Waals surface area contributed by atoms with E-state index in [0.29, 0.717) is 12.3 Å². The molecule has 100 valence electrons. The fraction of sp³-hybridized carbons (Fsp3) is 0.923. The molecule has 0 unspecified atom stereocenters. The Bertz CT molecular complexity index is 211. The van der Waals surface area contributed by atoms with Crippen LogP contribution in [-0.4, -0.2) is 50.1 Å². The fourth-order valence-corrected chi connectivity index (χ4v) is 2.20. The Morgan fingerprint density at radius 1 is 1.29 bits per heavy atom. The molecule has 0 aromatic rings. The Hall–Kier alpha value is -0.610. The van der Waals surface area contributed by atoms with Crippen molar-refractivity contribution < 1.29 is 4.79 Å². The van der Waals surface area contributed by atoms with Crippen LogP contribution in [0.25, 0.3) is 0 Å². The Morgan fingerprint density at radius 3 is 2.53 bits per heavy atom. The second-order valence-electron chi connectivity index (χ2n) is 4.83. The second kappa shape index (κ2) is 8.48. The van der Waals surface area contributed by atoms with Crippen molar-refractivity contribution in [2.24, 2.45) is 5.92 Å². The zero-order chi connectivity index (χ0) is 12.5. The molecule has 0 aromatic carbocycles. The molecule has 1 amide bonds. The van der Waals surface area contributed by atoms with Crippen LogP contribution in [0.2, 0.25) is 0 Å². The SMILES string of the molecule is CCC(CC)CC(=O)NCCN1CCNCC1. The first-order chi connectivity index (χ1) is 8.26. The summed E-state index contributed by atoms with van der Waals surface area (Å²) in [6.07, 6.45) is 2.89. The summed E-state index contributed by atoms with van der Waals surface area (Å²) >= 11 is 0. The van der Waals surface area contributed by atoms with Gasteiger partial charge in [0.1, 0.15) is 0 Å². The number of nitrogens with zero attached hydrogens (tertiary/aromatic N) is 1. The molecule has 4 heteroatoms. The number of carbonyl (C=O) groups is 1. The van der Waals surface area contributed by atoms with Crippen LogP contribution in [0.15, 0.2) is 0 Å². The highest BCUT2D eigenvalue weighted by molar-refractivity contribution is 5.76. The lowest BCUT2D eigenvalue weighted by atomic mass is 9.99. The number of nitrogens with one attached hydrogen (secondary N) is 2. The Balaban J connectivity index is 2.06. The van der Waals surface area contributed by atoms with Crippen molar-refractivity contribution in [2.75, 3.05) is 39.3 Å². The molecule has 1 fully saturated rings. The monoisotopic (exact) mass is 241 g/mol. The Kier molecular flexibility index (Phi) is 7.21. The molecule has 0 atom stereocenters. The molecule has 0 saturated carbocycles. The van der Waals surface area contributed by atoms with E-state index in [4.69, 9.17) is 0 Å². The maximum Gasteiger partial charge on any atom is 0.220 e. The topological polar surface area (TPSA) is 44.4 Å². The average Bonchev–Trinajstić information content (AvgIpc) is 2.37. The van der Waals surface area contributed by atoms with E-state index >= 15 is 0 Å². The van der Waals surface area contributed by atoms with E-state index in [-0.39, 0.29) is 5.91 Å². The van der Waals surface area contributed by atoms with E-state index in [1.807, 2.05) is 0 Å². The number of amides is 1. The maximum absolute atomic E-state index is 11.7. The standard InChI is InChI=1S/C13H27N3O/c1-3-12(4-2)11-13(17)15-7-10-16-8-5-14-6-9-16/h12,14H,3-11H2,1-2H3,(H,15,17). The number of hydrogen-bond acceptors (Lipinski definition) is 3. The van der Waals surface area contributed by atoms with Crippen LogP contribution in [0.5, 0.6) is 0 Å². The molecule has 0 aliphatic carbocycles. The third-order valence-electron chi connectivity index (χ3n) is 3.59. The van der Waals surface area contributed by atoms with Crippen LogP contribution in [0.4, 0.5) is 0 Å². The van der Waals surface area contributed by atoms with Crippen LogP contribution >= 0.6 is 0 Å². The van der Waals surface area contributed by atoms with Gasteiger partial charge in [0.15, 0.2) is 0 Å². The summed E-state index contributed by atoms with van der Waals surface area (Å²) in [5.41, 5.74) is 0. The predicted octanol–water partition coefficient (Wildman–Crippen LogP) is 0.834. The minimum atomic E-state index is 0.217. The van der Waals surface area contributed by atoms with Crippen molar-refractivity contribution in [2.45, 2.75) is 33.1 Å². The van der Waals surface area contributed by atoms with Gasteiger partial charge in [-0.2, -0.15) is 0 Å². The summed E-state index contributed by atoms with van der Waals surface area (Å²) in [5, 5.41) is 6.35. The van der Waals surface area contributed by atoms with Crippen LogP contribution in [-0.2, 0) is 4.79 Å². The van der Waals surface area contributed by atoms with E-state index in [9.17, 15) is 4.79 Å². The summed E-state index contributed by atoms with van der Waals surface area (Å²) < 4.78 is 0. The summed E-state index contributed by atoms with van der Waals surface area (Å²) in [6, 6.07) is 0. The summed E-state index contributed by atoms with van der Waals surface area (Å²) in [7, 11) is 0. The minimum absolute atomic E-state index is 0.217. The zero-order valence-electron chi connectivity index (χ0n) is 11.3. The van der Waals surface area contributed by atoms with E-state index in [2.05, 4.69) is 29.4 Å². The van der Waals surface area contributed by atoms with E-state index in [1.54, 1.807) is 0 Å². The van der Waals surface area contributed by atoms with E-state index in [0.717, 1.165) is 52.1 Å². The van der Waals surface area contributed by atoms with Gasteiger partial charge in [0.05, 0.1) is 0 Å². The number of rotatable bonds is 7. The van der Waals surface area contributed by atoms with Gasteiger partial charge in [-0.15, -0.1) is 0 Å². The molecule has 0 radical (unpaired) electrons. The molecule has 17 heavy (non-hydrogen) atoms. The van der Waals surface area contributed by atoms with E-state index < -0.39 is 0 Å². The molecule has 1 aliphatic heterocycles. The van der Waals surface area contributed by atoms with Crippen molar-refractivity contribution >= 4 is 5.91 Å². The predicted molar refractivity (Wildman–Crippen MR) is 71.0 cm³/mol. The highest BCUT2D eigenvalue weighted by Gasteiger charge is 2.11. The summed E-state index contributed by atoms with van der Waals surface area (Å²) in [4.78, 5) is 14.1. The lowest BCUT2D eigenvalue weighted by Crippen LogP contribution is -2.46. The largest absolute Gasteiger partial charge is 0.355 e. The molecule has 1 saturated heterocycles. The first-order valence-corrected chi connectivity index (χ1v) is 6.96. The van der Waals surface area contributed by atoms with Gasteiger partial charge in [-0.25, -0.2) is 0 Å². The van der Waals surface area contributed by atoms with Crippen molar-refractivity contribution in [3.63, 3.8) is 0 Å². The van der Waals surface area contributed by atoms with Crippen molar-refractivity contribution in [3.05, 3.63) is 0 Å². The molecule has 0 aromatic heterocycles. The fourth-order valence-electron chi connectivity index (χ4n) is 2.20. The third-order valence-corrected chi connectivity index (χ3v) is 3.59. The van der Waals surface area contributed by atoms with E-state index in [1.165, 1.54) is 0 Å². The van der Waals surface area contributed by atoms with Crippen LogP contribution in [0.3, 0.4) is 0 Å². The zero-order valence-corrected chi connectivity index (χ0v) is 11.3. The number of piperazine rings is 1. The smallest absolute Gasteiger partial charge is 0.220 e. The lowest BCUT2D eigenvalue weighted by molar-refractivity contribution is -0.122. The van der Waals surface area contributed by atoms with Crippen molar-refractivity contribution in [1.29, 1.82) is 0 Å². The third kappa shape index (κ3) is 6.03. The van der Waals surface area contributed by atoms with Gasteiger partial charge < -0.3 is 10.6 Å². The van der Waals surface area contributed by atoms with Crippen molar-refractivity contribution in [3.8, 4) is 0 Å². The highest BCUT2D eigenvalue weighted by atomic mass is 16.1. The quantitative estimate of drug-likeness (QED) is 0.694.